The Morgan fingerprint density at radius 2 is 1.91 bits per heavy atom. The number of aryl methyl sites for hydroxylation is 1. The summed E-state index contributed by atoms with van der Waals surface area (Å²) in [6.07, 6.45) is 1.55. The van der Waals surface area contributed by atoms with Gasteiger partial charge in [0.1, 0.15) is 11.5 Å². The molecule has 0 heterocycles. The van der Waals surface area contributed by atoms with Crippen LogP contribution in [0, 0.1) is 6.92 Å². The second-order valence-electron chi connectivity index (χ2n) is 4.77. The molecular formula is C17H17ClN2O3. The van der Waals surface area contributed by atoms with Gasteiger partial charge in [-0.2, -0.15) is 5.10 Å². The van der Waals surface area contributed by atoms with E-state index in [2.05, 4.69) is 10.5 Å². The number of hydrogen-bond acceptors (Lipinski definition) is 4. The first-order valence-corrected chi connectivity index (χ1v) is 7.31. The molecule has 1 N–H and O–H groups in total. The van der Waals surface area contributed by atoms with Gasteiger partial charge in [0, 0.05) is 5.02 Å². The molecule has 2 rings (SSSR count). The molecule has 0 atom stereocenters. The second-order valence-corrected chi connectivity index (χ2v) is 5.17. The summed E-state index contributed by atoms with van der Waals surface area (Å²) < 4.78 is 10.4. The highest BCUT2D eigenvalue weighted by molar-refractivity contribution is 6.31. The largest absolute Gasteiger partial charge is 0.497 e. The lowest BCUT2D eigenvalue weighted by molar-refractivity contribution is -0.123. The van der Waals surface area contributed by atoms with Crippen LogP contribution in [0.4, 0.5) is 0 Å². The van der Waals surface area contributed by atoms with Crippen molar-refractivity contribution in [1.29, 1.82) is 0 Å². The van der Waals surface area contributed by atoms with Crippen molar-refractivity contribution in [1.82, 2.24) is 5.43 Å². The highest BCUT2D eigenvalue weighted by atomic mass is 35.5. The maximum absolute atomic E-state index is 11.7. The first kappa shape index (κ1) is 16.8. The Balaban J connectivity index is 1.79. The summed E-state index contributed by atoms with van der Waals surface area (Å²) in [6.45, 7) is 1.75. The third kappa shape index (κ3) is 5.30. The SMILES string of the molecule is COc1ccc(/C=N/NC(=O)COc2ccc(Cl)c(C)c2)cc1. The van der Waals surface area contributed by atoms with E-state index in [1.807, 2.05) is 31.2 Å². The van der Waals surface area contributed by atoms with Gasteiger partial charge in [-0.1, -0.05) is 11.6 Å². The van der Waals surface area contributed by atoms with E-state index < -0.39 is 0 Å². The van der Waals surface area contributed by atoms with Gasteiger partial charge in [-0.15, -0.1) is 0 Å². The first-order valence-electron chi connectivity index (χ1n) is 6.93. The number of hydrazone groups is 1. The minimum absolute atomic E-state index is 0.124. The highest BCUT2D eigenvalue weighted by Gasteiger charge is 2.03. The van der Waals surface area contributed by atoms with Gasteiger partial charge in [0.2, 0.25) is 0 Å². The first-order chi connectivity index (χ1) is 11.1. The molecule has 23 heavy (non-hydrogen) atoms. The third-order valence-corrected chi connectivity index (χ3v) is 3.44. The molecule has 2 aromatic rings. The molecule has 0 saturated carbocycles. The van der Waals surface area contributed by atoms with Crippen LogP contribution in [0.1, 0.15) is 11.1 Å². The van der Waals surface area contributed by atoms with Crippen molar-refractivity contribution >= 4 is 23.7 Å². The molecule has 0 unspecified atom stereocenters. The van der Waals surface area contributed by atoms with Crippen LogP contribution in [-0.2, 0) is 4.79 Å². The number of nitrogens with one attached hydrogen (secondary N) is 1. The fourth-order valence-corrected chi connectivity index (χ4v) is 1.87. The van der Waals surface area contributed by atoms with Crippen molar-refractivity contribution in [3.63, 3.8) is 0 Å². The molecule has 0 aliphatic rings. The zero-order valence-electron chi connectivity index (χ0n) is 12.9. The molecule has 0 bridgehead atoms. The number of benzene rings is 2. The highest BCUT2D eigenvalue weighted by Crippen LogP contribution is 2.20. The predicted octanol–water partition coefficient (Wildman–Crippen LogP) is 3.19. The number of hydrogen-bond donors (Lipinski definition) is 1. The Morgan fingerprint density at radius 3 is 2.57 bits per heavy atom. The van der Waals surface area contributed by atoms with Crippen molar-refractivity contribution < 1.29 is 14.3 Å². The molecule has 0 spiro atoms. The fraction of sp³-hybridized carbons (Fsp3) is 0.176. The van der Waals surface area contributed by atoms with Crippen molar-refractivity contribution in [3.05, 3.63) is 58.6 Å². The lowest BCUT2D eigenvalue weighted by Crippen LogP contribution is -2.24. The smallest absolute Gasteiger partial charge is 0.277 e. The number of nitrogens with zero attached hydrogens (tertiary/aromatic N) is 1. The quantitative estimate of drug-likeness (QED) is 0.653. The van der Waals surface area contributed by atoms with E-state index in [9.17, 15) is 4.79 Å². The zero-order chi connectivity index (χ0) is 16.7. The van der Waals surface area contributed by atoms with E-state index >= 15 is 0 Å². The molecular weight excluding hydrogens is 316 g/mol. The zero-order valence-corrected chi connectivity index (χ0v) is 13.6. The molecule has 0 saturated heterocycles. The molecule has 0 aliphatic carbocycles. The van der Waals surface area contributed by atoms with E-state index in [0.717, 1.165) is 16.9 Å². The maximum Gasteiger partial charge on any atom is 0.277 e. The van der Waals surface area contributed by atoms with E-state index in [1.165, 1.54) is 0 Å². The summed E-state index contributed by atoms with van der Waals surface area (Å²) in [6, 6.07) is 12.5. The standard InChI is InChI=1S/C17H17ClN2O3/c1-12-9-15(7-8-16(12)18)23-11-17(21)20-19-10-13-3-5-14(22-2)6-4-13/h3-10H,11H2,1-2H3,(H,20,21)/b19-10+. The van der Waals surface area contributed by atoms with Crippen LogP contribution in [0.15, 0.2) is 47.6 Å². The second kappa shape index (κ2) is 8.19. The van der Waals surface area contributed by atoms with Gasteiger partial charge in [0.15, 0.2) is 6.61 Å². The van der Waals surface area contributed by atoms with Gasteiger partial charge in [0.25, 0.3) is 5.91 Å². The van der Waals surface area contributed by atoms with Gasteiger partial charge < -0.3 is 9.47 Å². The lowest BCUT2D eigenvalue weighted by Gasteiger charge is -2.06. The van der Waals surface area contributed by atoms with Gasteiger partial charge >= 0.3 is 0 Å². The predicted molar refractivity (Wildman–Crippen MR) is 90.4 cm³/mol. The number of carbonyl (C=O) groups is 1. The van der Waals surface area contributed by atoms with E-state index in [-0.39, 0.29) is 12.5 Å². The summed E-state index contributed by atoms with van der Waals surface area (Å²) in [7, 11) is 1.60. The van der Waals surface area contributed by atoms with Crippen molar-refractivity contribution in [2.75, 3.05) is 13.7 Å². The fourth-order valence-electron chi connectivity index (χ4n) is 1.76. The molecule has 120 valence electrons. The maximum atomic E-state index is 11.7. The van der Waals surface area contributed by atoms with E-state index in [1.54, 1.807) is 31.5 Å². The Hall–Kier alpha value is -2.53. The topological polar surface area (TPSA) is 59.9 Å². The lowest BCUT2D eigenvalue weighted by atomic mass is 10.2. The third-order valence-electron chi connectivity index (χ3n) is 3.02. The van der Waals surface area contributed by atoms with E-state index in [4.69, 9.17) is 21.1 Å². The van der Waals surface area contributed by atoms with Gasteiger partial charge in [0.05, 0.1) is 13.3 Å². The minimum atomic E-state index is -0.345. The van der Waals surface area contributed by atoms with Crippen molar-refractivity contribution in [2.45, 2.75) is 6.92 Å². The molecule has 6 heteroatoms. The molecule has 0 fully saturated rings. The molecule has 1 amide bonds. The van der Waals surface area contributed by atoms with Gasteiger partial charge in [-0.05, 0) is 60.5 Å². The number of halogens is 1. The summed E-state index contributed by atoms with van der Waals surface area (Å²) in [5.41, 5.74) is 4.14. The molecule has 2 aromatic carbocycles. The monoisotopic (exact) mass is 332 g/mol. The normalized spacial score (nSPS) is 10.6. The Bertz CT molecular complexity index is 699. The van der Waals surface area contributed by atoms with Gasteiger partial charge in [-0.3, -0.25) is 4.79 Å². The van der Waals surface area contributed by atoms with Crippen molar-refractivity contribution in [2.24, 2.45) is 5.10 Å². The summed E-state index contributed by atoms with van der Waals surface area (Å²) in [5.74, 6) is 1.00. The minimum Gasteiger partial charge on any atom is -0.497 e. The Labute approximate surface area is 139 Å². The number of carbonyl (C=O) groups excluding carboxylic acids is 1. The van der Waals surface area contributed by atoms with Crippen LogP contribution < -0.4 is 14.9 Å². The van der Waals surface area contributed by atoms with Crippen molar-refractivity contribution in [3.8, 4) is 11.5 Å². The summed E-state index contributed by atoms with van der Waals surface area (Å²) >= 11 is 5.93. The van der Waals surface area contributed by atoms with Gasteiger partial charge in [-0.25, -0.2) is 5.43 Å². The molecule has 5 nitrogen and oxygen atoms in total. The summed E-state index contributed by atoms with van der Waals surface area (Å²) in [4.78, 5) is 11.7. The Morgan fingerprint density at radius 1 is 1.22 bits per heavy atom. The molecule has 0 radical (unpaired) electrons. The number of ether oxygens (including phenoxy) is 2. The van der Waals surface area contributed by atoms with Crippen LogP contribution in [0.3, 0.4) is 0 Å². The molecule has 0 aromatic heterocycles. The van der Waals surface area contributed by atoms with Crippen LogP contribution in [-0.4, -0.2) is 25.8 Å². The number of rotatable bonds is 6. The average molecular weight is 333 g/mol. The van der Waals surface area contributed by atoms with E-state index in [0.29, 0.717) is 10.8 Å². The number of amides is 1. The summed E-state index contributed by atoms with van der Waals surface area (Å²) in [5, 5.41) is 4.53. The number of methoxy groups -OCH3 is 1. The van der Waals surface area contributed by atoms with Crippen LogP contribution >= 0.6 is 11.6 Å². The molecule has 0 aliphatic heterocycles. The Kier molecular flexibility index (Phi) is 6.00. The van der Waals surface area contributed by atoms with Crippen LogP contribution in [0.25, 0.3) is 0 Å². The average Bonchev–Trinajstić information content (AvgIpc) is 2.56. The van der Waals surface area contributed by atoms with Crippen LogP contribution in [0.5, 0.6) is 11.5 Å². The van der Waals surface area contributed by atoms with Crippen LogP contribution in [0.2, 0.25) is 5.02 Å².